The van der Waals surface area contributed by atoms with Crippen LogP contribution in [0.15, 0.2) is 29.0 Å². The minimum absolute atomic E-state index is 0.622. The molecule has 0 aliphatic heterocycles. The van der Waals surface area contributed by atoms with E-state index in [9.17, 15) is 0 Å². The van der Waals surface area contributed by atoms with E-state index in [1.165, 1.54) is 24.1 Å². The van der Waals surface area contributed by atoms with Gasteiger partial charge in [-0.15, -0.1) is 0 Å². The predicted octanol–water partition coefficient (Wildman–Crippen LogP) is 2.64. The Morgan fingerprint density at radius 3 is 2.90 bits per heavy atom. The van der Waals surface area contributed by atoms with E-state index >= 15 is 0 Å². The quantitative estimate of drug-likeness (QED) is 0.780. The molecule has 112 valence electrons. The third-order valence-electron chi connectivity index (χ3n) is 3.58. The molecule has 21 heavy (non-hydrogen) atoms. The molecule has 1 N–H and O–H groups in total. The first kappa shape index (κ1) is 14.7. The van der Waals surface area contributed by atoms with Gasteiger partial charge in [-0.25, -0.2) is 9.67 Å². The van der Waals surface area contributed by atoms with E-state index in [0.29, 0.717) is 5.92 Å². The molecule has 0 atom stereocenters. The maximum atomic E-state index is 5.06. The summed E-state index contributed by atoms with van der Waals surface area (Å²) in [5.41, 5.74) is 2.56. The number of nitrogens with one attached hydrogen (secondary N) is 1. The number of aromatic nitrogens is 3. The first-order valence-corrected chi connectivity index (χ1v) is 7.97. The Labute approximate surface area is 132 Å². The average Bonchev–Trinajstić information content (AvgIpc) is 3.25. The van der Waals surface area contributed by atoms with Crippen molar-refractivity contribution in [3.05, 3.63) is 40.3 Å². The van der Waals surface area contributed by atoms with Gasteiger partial charge in [-0.2, -0.15) is 5.10 Å². The maximum absolute atomic E-state index is 5.06. The summed E-state index contributed by atoms with van der Waals surface area (Å²) in [6.07, 6.45) is 6.25. The zero-order valence-electron chi connectivity index (χ0n) is 12.1. The largest absolute Gasteiger partial charge is 0.383 e. The lowest BCUT2D eigenvalue weighted by molar-refractivity contribution is 0.199. The lowest BCUT2D eigenvalue weighted by Crippen LogP contribution is -2.19. The van der Waals surface area contributed by atoms with Gasteiger partial charge in [0.2, 0.25) is 0 Å². The molecule has 0 spiro atoms. The van der Waals surface area contributed by atoms with Crippen LogP contribution >= 0.6 is 15.9 Å². The third-order valence-corrected chi connectivity index (χ3v) is 4.05. The number of rotatable bonds is 7. The minimum atomic E-state index is 0.622. The Bertz CT molecular complexity index is 592. The van der Waals surface area contributed by atoms with Gasteiger partial charge in [0.1, 0.15) is 0 Å². The van der Waals surface area contributed by atoms with E-state index in [0.717, 1.165) is 30.0 Å². The lowest BCUT2D eigenvalue weighted by Gasteiger charge is -2.09. The molecule has 0 saturated heterocycles. The Hall–Kier alpha value is -1.24. The number of ether oxygens (including phenoxy) is 1. The molecule has 0 amide bonds. The van der Waals surface area contributed by atoms with Crippen molar-refractivity contribution in [2.24, 2.45) is 0 Å². The molecule has 1 saturated carbocycles. The van der Waals surface area contributed by atoms with Crippen LogP contribution in [0.1, 0.15) is 30.0 Å². The molecule has 2 aromatic rings. The molecule has 1 fully saturated rings. The zero-order chi connectivity index (χ0) is 14.7. The lowest BCUT2D eigenvalue weighted by atomic mass is 10.1. The Morgan fingerprint density at radius 2 is 2.24 bits per heavy atom. The SMILES string of the molecule is COCCNCc1cnn(-c2ccc(Br)cn2)c1C1CC1. The summed E-state index contributed by atoms with van der Waals surface area (Å²) in [7, 11) is 1.72. The van der Waals surface area contributed by atoms with Crippen molar-refractivity contribution in [2.75, 3.05) is 20.3 Å². The number of methoxy groups -OCH3 is 1. The van der Waals surface area contributed by atoms with Gasteiger partial charge in [0.25, 0.3) is 0 Å². The van der Waals surface area contributed by atoms with Crippen molar-refractivity contribution in [1.29, 1.82) is 0 Å². The monoisotopic (exact) mass is 350 g/mol. The van der Waals surface area contributed by atoms with Crippen LogP contribution < -0.4 is 5.32 Å². The fourth-order valence-electron chi connectivity index (χ4n) is 2.39. The molecule has 2 aromatic heterocycles. The zero-order valence-corrected chi connectivity index (χ0v) is 13.6. The van der Waals surface area contributed by atoms with E-state index in [1.807, 2.05) is 29.2 Å². The van der Waals surface area contributed by atoms with Crippen LogP contribution in [0, 0.1) is 0 Å². The van der Waals surface area contributed by atoms with Crippen LogP contribution in [0.25, 0.3) is 5.82 Å². The first-order chi connectivity index (χ1) is 10.3. The van der Waals surface area contributed by atoms with Crippen LogP contribution in [-0.2, 0) is 11.3 Å². The van der Waals surface area contributed by atoms with Crippen LogP contribution in [-0.4, -0.2) is 35.0 Å². The number of hydrogen-bond acceptors (Lipinski definition) is 4. The maximum Gasteiger partial charge on any atom is 0.153 e. The van der Waals surface area contributed by atoms with Crippen LogP contribution in [0.5, 0.6) is 0 Å². The highest BCUT2D eigenvalue weighted by atomic mass is 79.9. The summed E-state index contributed by atoms with van der Waals surface area (Å²) in [6.45, 7) is 2.40. The Kier molecular flexibility index (Phi) is 4.67. The van der Waals surface area contributed by atoms with Crippen molar-refractivity contribution in [3.8, 4) is 5.82 Å². The van der Waals surface area contributed by atoms with Crippen molar-refractivity contribution in [3.63, 3.8) is 0 Å². The molecular formula is C15H19BrN4O. The molecule has 0 bridgehead atoms. The van der Waals surface area contributed by atoms with Gasteiger partial charge in [0, 0.05) is 42.4 Å². The van der Waals surface area contributed by atoms with Crippen molar-refractivity contribution in [1.82, 2.24) is 20.1 Å². The van der Waals surface area contributed by atoms with Gasteiger partial charge < -0.3 is 10.1 Å². The van der Waals surface area contributed by atoms with Gasteiger partial charge in [0.05, 0.1) is 18.5 Å². The van der Waals surface area contributed by atoms with Gasteiger partial charge >= 0.3 is 0 Å². The summed E-state index contributed by atoms with van der Waals surface area (Å²) in [4.78, 5) is 4.46. The highest BCUT2D eigenvalue weighted by Gasteiger charge is 2.30. The second-order valence-electron chi connectivity index (χ2n) is 5.25. The molecular weight excluding hydrogens is 332 g/mol. The number of hydrogen-bond donors (Lipinski definition) is 1. The fourth-order valence-corrected chi connectivity index (χ4v) is 2.63. The van der Waals surface area contributed by atoms with Crippen LogP contribution in [0.4, 0.5) is 0 Å². The van der Waals surface area contributed by atoms with E-state index < -0.39 is 0 Å². The topological polar surface area (TPSA) is 52.0 Å². The number of nitrogens with zero attached hydrogens (tertiary/aromatic N) is 3. The van der Waals surface area contributed by atoms with E-state index in [2.05, 4.69) is 31.3 Å². The molecule has 0 radical (unpaired) electrons. The first-order valence-electron chi connectivity index (χ1n) is 7.18. The van der Waals surface area contributed by atoms with Crippen LogP contribution in [0.2, 0.25) is 0 Å². The third kappa shape index (κ3) is 3.51. The molecule has 5 nitrogen and oxygen atoms in total. The fraction of sp³-hybridized carbons (Fsp3) is 0.467. The summed E-state index contributed by atoms with van der Waals surface area (Å²) in [6, 6.07) is 3.99. The van der Waals surface area contributed by atoms with Crippen molar-refractivity contribution >= 4 is 15.9 Å². The second-order valence-corrected chi connectivity index (χ2v) is 6.16. The Morgan fingerprint density at radius 1 is 1.38 bits per heavy atom. The molecule has 3 rings (SSSR count). The minimum Gasteiger partial charge on any atom is -0.383 e. The summed E-state index contributed by atoms with van der Waals surface area (Å²) < 4.78 is 8.02. The molecule has 2 heterocycles. The molecule has 6 heteroatoms. The normalized spacial score (nSPS) is 14.6. The van der Waals surface area contributed by atoms with Gasteiger partial charge in [-0.3, -0.25) is 0 Å². The summed E-state index contributed by atoms with van der Waals surface area (Å²) >= 11 is 3.42. The van der Waals surface area contributed by atoms with Crippen molar-refractivity contribution < 1.29 is 4.74 Å². The molecule has 1 aliphatic carbocycles. The predicted molar refractivity (Wildman–Crippen MR) is 84.6 cm³/mol. The Balaban J connectivity index is 1.81. The smallest absolute Gasteiger partial charge is 0.153 e. The second kappa shape index (κ2) is 6.68. The van der Waals surface area contributed by atoms with Gasteiger partial charge in [-0.05, 0) is 40.9 Å². The van der Waals surface area contributed by atoms with E-state index in [-0.39, 0.29) is 0 Å². The van der Waals surface area contributed by atoms with Crippen molar-refractivity contribution in [2.45, 2.75) is 25.3 Å². The van der Waals surface area contributed by atoms with E-state index in [4.69, 9.17) is 4.74 Å². The summed E-state index contributed by atoms with van der Waals surface area (Å²) in [5.74, 6) is 1.50. The molecule has 0 aromatic carbocycles. The number of pyridine rings is 1. The molecule has 1 aliphatic rings. The highest BCUT2D eigenvalue weighted by molar-refractivity contribution is 9.10. The summed E-state index contributed by atoms with van der Waals surface area (Å²) in [5, 5.41) is 7.94. The average molecular weight is 351 g/mol. The van der Waals surface area contributed by atoms with E-state index in [1.54, 1.807) is 7.11 Å². The standard InChI is InChI=1S/C15H19BrN4O/c1-21-7-6-17-8-12-9-19-20(15(12)11-2-3-11)14-5-4-13(16)10-18-14/h4-5,9-11,17H,2-3,6-8H2,1H3. The molecule has 0 unspecified atom stereocenters. The number of halogens is 1. The van der Waals surface area contributed by atoms with Gasteiger partial charge in [-0.1, -0.05) is 0 Å². The highest BCUT2D eigenvalue weighted by Crippen LogP contribution is 2.42. The van der Waals surface area contributed by atoms with Gasteiger partial charge in [0.15, 0.2) is 5.82 Å². The van der Waals surface area contributed by atoms with Crippen LogP contribution in [0.3, 0.4) is 0 Å².